The van der Waals surface area contributed by atoms with E-state index in [2.05, 4.69) is 57.0 Å². The number of nitrogens with zero attached hydrogens (tertiary/aromatic N) is 1. The van der Waals surface area contributed by atoms with Crippen LogP contribution in [-0.4, -0.2) is 18.5 Å². The van der Waals surface area contributed by atoms with E-state index in [1.807, 2.05) is 0 Å². The van der Waals surface area contributed by atoms with Crippen LogP contribution in [0.25, 0.3) is 0 Å². The van der Waals surface area contributed by atoms with Gasteiger partial charge in [0.2, 0.25) is 0 Å². The van der Waals surface area contributed by atoms with Crippen LogP contribution in [0.2, 0.25) is 0 Å². The summed E-state index contributed by atoms with van der Waals surface area (Å²) < 4.78 is 0. The predicted molar refractivity (Wildman–Crippen MR) is 67.2 cm³/mol. The summed E-state index contributed by atoms with van der Waals surface area (Å²) in [5.41, 5.74) is 2.84. The summed E-state index contributed by atoms with van der Waals surface area (Å²) in [4.78, 5) is 2.37. The Labute approximate surface area is 94.1 Å². The van der Waals surface area contributed by atoms with Crippen LogP contribution in [0.1, 0.15) is 44.2 Å². The summed E-state index contributed by atoms with van der Waals surface area (Å²) in [6.45, 7) is 8.92. The van der Waals surface area contributed by atoms with Gasteiger partial charge in [-0.25, -0.2) is 0 Å². The van der Waals surface area contributed by atoms with E-state index >= 15 is 0 Å². The van der Waals surface area contributed by atoms with Crippen LogP contribution >= 0.6 is 0 Å². The molecule has 0 heterocycles. The molecular weight excluding hydrogens is 182 g/mol. The van der Waals surface area contributed by atoms with Crippen LogP contribution in [0.15, 0.2) is 24.3 Å². The Balaban J connectivity index is 2.56. The minimum Gasteiger partial charge on any atom is -0.302 e. The number of hydrogen-bond donors (Lipinski definition) is 0. The molecule has 0 fully saturated rings. The van der Waals surface area contributed by atoms with E-state index in [0.29, 0.717) is 5.92 Å². The highest BCUT2D eigenvalue weighted by Crippen LogP contribution is 2.15. The minimum atomic E-state index is 0.632. The molecule has 0 radical (unpaired) electrons. The number of benzene rings is 1. The average Bonchev–Trinajstić information content (AvgIpc) is 2.18. The molecule has 0 saturated heterocycles. The standard InChI is InChI=1S/C14H23N/c1-5-10-15(4)11-13-6-8-14(9-7-13)12(2)3/h6-9,12H,5,10-11H2,1-4H3. The quantitative estimate of drug-likeness (QED) is 0.709. The SMILES string of the molecule is CCCN(C)Cc1ccc(C(C)C)cc1. The third kappa shape index (κ3) is 4.05. The maximum atomic E-state index is 2.37. The zero-order chi connectivity index (χ0) is 11.3. The first-order valence-corrected chi connectivity index (χ1v) is 5.91. The van der Waals surface area contributed by atoms with Gasteiger partial charge in [0, 0.05) is 6.54 Å². The van der Waals surface area contributed by atoms with Gasteiger partial charge >= 0.3 is 0 Å². The molecule has 1 heteroatoms. The molecule has 0 unspecified atom stereocenters. The molecule has 0 saturated carbocycles. The number of hydrogen-bond acceptors (Lipinski definition) is 1. The Hall–Kier alpha value is -0.820. The van der Waals surface area contributed by atoms with Crippen molar-refractivity contribution >= 4 is 0 Å². The fourth-order valence-electron chi connectivity index (χ4n) is 1.78. The Bertz CT molecular complexity index is 274. The van der Waals surface area contributed by atoms with E-state index in [1.54, 1.807) is 0 Å². The van der Waals surface area contributed by atoms with E-state index < -0.39 is 0 Å². The lowest BCUT2D eigenvalue weighted by atomic mass is 10.0. The van der Waals surface area contributed by atoms with Gasteiger partial charge in [-0.2, -0.15) is 0 Å². The highest BCUT2D eigenvalue weighted by molar-refractivity contribution is 5.24. The first-order valence-electron chi connectivity index (χ1n) is 5.91. The Morgan fingerprint density at radius 1 is 1.13 bits per heavy atom. The lowest BCUT2D eigenvalue weighted by molar-refractivity contribution is 0.327. The summed E-state index contributed by atoms with van der Waals surface area (Å²) in [5, 5.41) is 0. The van der Waals surface area contributed by atoms with Crippen molar-refractivity contribution in [2.24, 2.45) is 0 Å². The highest BCUT2D eigenvalue weighted by atomic mass is 15.1. The molecule has 1 aromatic rings. The summed E-state index contributed by atoms with van der Waals surface area (Å²) in [7, 11) is 2.18. The van der Waals surface area contributed by atoms with Crippen molar-refractivity contribution in [1.82, 2.24) is 4.90 Å². The molecule has 0 aromatic heterocycles. The molecule has 0 aliphatic heterocycles. The van der Waals surface area contributed by atoms with Gasteiger partial charge in [-0.1, -0.05) is 45.0 Å². The average molecular weight is 205 g/mol. The first kappa shape index (κ1) is 12.3. The van der Waals surface area contributed by atoms with Crippen molar-refractivity contribution in [3.8, 4) is 0 Å². The van der Waals surface area contributed by atoms with Gasteiger partial charge in [-0.15, -0.1) is 0 Å². The lowest BCUT2D eigenvalue weighted by Crippen LogP contribution is -2.18. The lowest BCUT2D eigenvalue weighted by Gasteiger charge is -2.16. The summed E-state index contributed by atoms with van der Waals surface area (Å²) >= 11 is 0. The van der Waals surface area contributed by atoms with Gasteiger partial charge in [-0.3, -0.25) is 0 Å². The molecule has 1 nitrogen and oxygen atoms in total. The van der Waals surface area contributed by atoms with Crippen LogP contribution in [-0.2, 0) is 6.54 Å². The van der Waals surface area contributed by atoms with E-state index in [0.717, 1.165) is 6.54 Å². The molecule has 84 valence electrons. The molecule has 0 atom stereocenters. The summed E-state index contributed by atoms with van der Waals surface area (Å²) in [6, 6.07) is 9.00. The van der Waals surface area contributed by atoms with Gasteiger partial charge < -0.3 is 4.90 Å². The van der Waals surface area contributed by atoms with Crippen molar-refractivity contribution in [2.75, 3.05) is 13.6 Å². The van der Waals surface area contributed by atoms with Crippen molar-refractivity contribution in [3.63, 3.8) is 0 Å². The van der Waals surface area contributed by atoms with Crippen LogP contribution < -0.4 is 0 Å². The second-order valence-electron chi connectivity index (χ2n) is 4.63. The Morgan fingerprint density at radius 3 is 2.20 bits per heavy atom. The predicted octanol–water partition coefficient (Wildman–Crippen LogP) is 3.65. The summed E-state index contributed by atoms with van der Waals surface area (Å²) in [6.07, 6.45) is 1.22. The van der Waals surface area contributed by atoms with Crippen molar-refractivity contribution in [2.45, 2.75) is 39.7 Å². The van der Waals surface area contributed by atoms with Crippen LogP contribution in [0.4, 0.5) is 0 Å². The van der Waals surface area contributed by atoms with E-state index in [1.165, 1.54) is 24.1 Å². The number of rotatable bonds is 5. The van der Waals surface area contributed by atoms with Crippen LogP contribution in [0.3, 0.4) is 0 Å². The molecule has 1 aromatic carbocycles. The Kier molecular flexibility index (Phi) is 4.83. The molecule has 1 rings (SSSR count). The molecule has 0 N–H and O–H groups in total. The minimum absolute atomic E-state index is 0.632. The van der Waals surface area contributed by atoms with Crippen molar-refractivity contribution in [1.29, 1.82) is 0 Å². The monoisotopic (exact) mass is 205 g/mol. The molecular formula is C14H23N. The van der Waals surface area contributed by atoms with E-state index in [4.69, 9.17) is 0 Å². The topological polar surface area (TPSA) is 3.24 Å². The highest BCUT2D eigenvalue weighted by Gasteiger charge is 2.01. The van der Waals surface area contributed by atoms with Crippen LogP contribution in [0.5, 0.6) is 0 Å². The van der Waals surface area contributed by atoms with E-state index in [-0.39, 0.29) is 0 Å². The zero-order valence-corrected chi connectivity index (χ0v) is 10.5. The summed E-state index contributed by atoms with van der Waals surface area (Å²) in [5.74, 6) is 0.632. The fourth-order valence-corrected chi connectivity index (χ4v) is 1.78. The second-order valence-corrected chi connectivity index (χ2v) is 4.63. The smallest absolute Gasteiger partial charge is 0.0230 e. The second kappa shape index (κ2) is 5.92. The Morgan fingerprint density at radius 2 is 1.73 bits per heavy atom. The van der Waals surface area contributed by atoms with Gasteiger partial charge in [0.25, 0.3) is 0 Å². The fraction of sp³-hybridized carbons (Fsp3) is 0.571. The maximum absolute atomic E-state index is 2.37. The van der Waals surface area contributed by atoms with Gasteiger partial charge in [-0.05, 0) is 37.1 Å². The van der Waals surface area contributed by atoms with E-state index in [9.17, 15) is 0 Å². The third-order valence-corrected chi connectivity index (χ3v) is 2.70. The maximum Gasteiger partial charge on any atom is 0.0230 e. The van der Waals surface area contributed by atoms with Gasteiger partial charge in [0.1, 0.15) is 0 Å². The van der Waals surface area contributed by atoms with Gasteiger partial charge in [0.05, 0.1) is 0 Å². The zero-order valence-electron chi connectivity index (χ0n) is 10.5. The molecule has 0 spiro atoms. The molecule has 0 amide bonds. The third-order valence-electron chi connectivity index (χ3n) is 2.70. The molecule has 0 aliphatic rings. The molecule has 15 heavy (non-hydrogen) atoms. The van der Waals surface area contributed by atoms with Crippen molar-refractivity contribution < 1.29 is 0 Å². The van der Waals surface area contributed by atoms with Crippen LogP contribution in [0, 0.1) is 0 Å². The van der Waals surface area contributed by atoms with Gasteiger partial charge in [0.15, 0.2) is 0 Å². The first-order chi connectivity index (χ1) is 7.13. The molecule has 0 bridgehead atoms. The largest absolute Gasteiger partial charge is 0.302 e. The van der Waals surface area contributed by atoms with Crippen molar-refractivity contribution in [3.05, 3.63) is 35.4 Å². The molecule has 0 aliphatic carbocycles. The normalized spacial score (nSPS) is 11.3.